The number of nitrogens with one attached hydrogen (secondary N) is 1. The highest BCUT2D eigenvalue weighted by molar-refractivity contribution is 6.30. The molecular weight excluding hydrogens is 445 g/mol. The molecule has 0 atom stereocenters. The van der Waals surface area contributed by atoms with Crippen molar-refractivity contribution >= 4 is 23.3 Å². The Balaban J connectivity index is 1.94. The highest BCUT2D eigenvalue weighted by Crippen LogP contribution is 2.29. The van der Waals surface area contributed by atoms with Gasteiger partial charge in [-0.15, -0.1) is 0 Å². The molecule has 1 aromatic heterocycles. The van der Waals surface area contributed by atoms with Gasteiger partial charge in [0.25, 0.3) is 5.91 Å². The number of anilines is 1. The molecule has 0 aliphatic carbocycles. The van der Waals surface area contributed by atoms with Crippen LogP contribution in [0, 0.1) is 12.7 Å². The summed E-state index contributed by atoms with van der Waals surface area (Å²) in [6.45, 7) is 1.60. The van der Waals surface area contributed by atoms with Crippen molar-refractivity contribution in [2.24, 2.45) is 0 Å². The Bertz CT molecular complexity index is 1380. The number of rotatable bonds is 5. The molecule has 0 spiro atoms. The van der Waals surface area contributed by atoms with Crippen molar-refractivity contribution in [3.63, 3.8) is 0 Å². The SMILES string of the molecule is COc1ccc(-c2c(NC(=O)c3ccc(F)cc3)n(-c3cccc(Cl)c3)nc(C)c2=O)cc1. The molecule has 166 valence electrons. The molecule has 3 aromatic carbocycles. The van der Waals surface area contributed by atoms with Crippen molar-refractivity contribution in [2.45, 2.75) is 6.92 Å². The van der Waals surface area contributed by atoms with Crippen molar-refractivity contribution in [2.75, 3.05) is 12.4 Å². The first-order valence-electron chi connectivity index (χ1n) is 9.98. The zero-order valence-electron chi connectivity index (χ0n) is 17.8. The number of amides is 1. The number of methoxy groups -OCH3 is 1. The minimum atomic E-state index is -0.523. The molecule has 0 bridgehead atoms. The Labute approximate surface area is 194 Å². The zero-order chi connectivity index (χ0) is 23.5. The molecule has 1 amide bonds. The highest BCUT2D eigenvalue weighted by atomic mass is 35.5. The van der Waals surface area contributed by atoms with Crippen LogP contribution in [0.4, 0.5) is 10.2 Å². The van der Waals surface area contributed by atoms with Crippen LogP contribution in [-0.4, -0.2) is 22.8 Å². The molecule has 1 heterocycles. The normalized spacial score (nSPS) is 10.7. The number of carbonyl (C=O) groups excluding carboxylic acids is 1. The molecule has 4 rings (SSSR count). The molecule has 0 fully saturated rings. The van der Waals surface area contributed by atoms with E-state index in [9.17, 15) is 14.0 Å². The van der Waals surface area contributed by atoms with E-state index in [1.807, 2.05) is 0 Å². The molecule has 0 radical (unpaired) electrons. The average molecular weight is 464 g/mol. The second-order valence-corrected chi connectivity index (χ2v) is 7.66. The van der Waals surface area contributed by atoms with Gasteiger partial charge in [0.1, 0.15) is 23.1 Å². The van der Waals surface area contributed by atoms with E-state index in [2.05, 4.69) is 10.4 Å². The molecule has 0 saturated heterocycles. The smallest absolute Gasteiger partial charge is 0.256 e. The Hall–Kier alpha value is -3.97. The quantitative estimate of drug-likeness (QED) is 0.438. The van der Waals surface area contributed by atoms with E-state index in [0.29, 0.717) is 22.0 Å². The number of ether oxygens (including phenoxy) is 1. The predicted octanol–water partition coefficient (Wildman–Crippen LogP) is 5.26. The first-order valence-corrected chi connectivity index (χ1v) is 10.4. The predicted molar refractivity (Wildman–Crippen MR) is 126 cm³/mol. The maximum Gasteiger partial charge on any atom is 0.256 e. The molecule has 33 heavy (non-hydrogen) atoms. The molecule has 0 aliphatic rings. The van der Waals surface area contributed by atoms with Crippen molar-refractivity contribution in [1.29, 1.82) is 0 Å². The summed E-state index contributed by atoms with van der Waals surface area (Å²) < 4.78 is 20.0. The van der Waals surface area contributed by atoms with E-state index in [1.165, 1.54) is 28.9 Å². The Morgan fingerprint density at radius 1 is 1.06 bits per heavy atom. The van der Waals surface area contributed by atoms with Crippen LogP contribution in [0.3, 0.4) is 0 Å². The Kier molecular flexibility index (Phi) is 6.24. The lowest BCUT2D eigenvalue weighted by atomic mass is 10.0. The van der Waals surface area contributed by atoms with Crippen LogP contribution in [0.15, 0.2) is 77.6 Å². The van der Waals surface area contributed by atoms with Gasteiger partial charge in [-0.3, -0.25) is 9.59 Å². The molecular formula is C25H19ClFN3O3. The van der Waals surface area contributed by atoms with Gasteiger partial charge in [0, 0.05) is 10.6 Å². The van der Waals surface area contributed by atoms with E-state index in [0.717, 1.165) is 0 Å². The first kappa shape index (κ1) is 22.2. The van der Waals surface area contributed by atoms with Crippen LogP contribution in [0.1, 0.15) is 16.1 Å². The maximum atomic E-state index is 13.3. The fourth-order valence-corrected chi connectivity index (χ4v) is 3.54. The van der Waals surface area contributed by atoms with Crippen LogP contribution in [0.2, 0.25) is 5.02 Å². The van der Waals surface area contributed by atoms with Crippen molar-refractivity contribution in [3.05, 3.63) is 105 Å². The second-order valence-electron chi connectivity index (χ2n) is 7.22. The lowest BCUT2D eigenvalue weighted by molar-refractivity contribution is 0.102. The Morgan fingerprint density at radius 2 is 1.76 bits per heavy atom. The summed E-state index contributed by atoms with van der Waals surface area (Å²) in [7, 11) is 1.55. The van der Waals surface area contributed by atoms with Crippen molar-refractivity contribution in [3.8, 4) is 22.6 Å². The van der Waals surface area contributed by atoms with Gasteiger partial charge in [-0.05, 0) is 67.1 Å². The average Bonchev–Trinajstić information content (AvgIpc) is 2.82. The number of aromatic nitrogens is 2. The van der Waals surface area contributed by atoms with E-state index < -0.39 is 11.7 Å². The van der Waals surface area contributed by atoms with Gasteiger partial charge in [0.15, 0.2) is 0 Å². The monoisotopic (exact) mass is 463 g/mol. The van der Waals surface area contributed by atoms with Crippen molar-refractivity contribution < 1.29 is 13.9 Å². The zero-order valence-corrected chi connectivity index (χ0v) is 18.6. The summed E-state index contributed by atoms with van der Waals surface area (Å²) >= 11 is 6.19. The van der Waals surface area contributed by atoms with Crippen LogP contribution in [0.25, 0.3) is 16.8 Å². The molecule has 4 aromatic rings. The fourth-order valence-electron chi connectivity index (χ4n) is 3.36. The lowest BCUT2D eigenvalue weighted by Gasteiger charge is -2.18. The molecule has 8 heteroatoms. The third-order valence-electron chi connectivity index (χ3n) is 5.02. The van der Waals surface area contributed by atoms with E-state index >= 15 is 0 Å². The van der Waals surface area contributed by atoms with Crippen LogP contribution in [0.5, 0.6) is 5.75 Å². The van der Waals surface area contributed by atoms with Crippen molar-refractivity contribution in [1.82, 2.24) is 9.78 Å². The van der Waals surface area contributed by atoms with E-state index in [-0.39, 0.29) is 28.1 Å². The summed E-state index contributed by atoms with van der Waals surface area (Å²) in [5, 5.41) is 7.67. The topological polar surface area (TPSA) is 73.2 Å². The molecule has 0 unspecified atom stereocenters. The maximum absolute atomic E-state index is 13.3. The number of halogens is 2. The molecule has 6 nitrogen and oxygen atoms in total. The third kappa shape index (κ3) is 4.63. The summed E-state index contributed by atoms with van der Waals surface area (Å²) in [4.78, 5) is 26.3. The largest absolute Gasteiger partial charge is 0.497 e. The Morgan fingerprint density at radius 3 is 2.39 bits per heavy atom. The molecule has 1 N–H and O–H groups in total. The van der Waals surface area contributed by atoms with Crippen LogP contribution < -0.4 is 15.5 Å². The number of nitrogens with zero attached hydrogens (tertiary/aromatic N) is 2. The van der Waals surface area contributed by atoms with Gasteiger partial charge in [0.2, 0.25) is 5.43 Å². The van der Waals surface area contributed by atoms with Gasteiger partial charge in [-0.1, -0.05) is 29.8 Å². The van der Waals surface area contributed by atoms with Gasteiger partial charge in [0.05, 0.1) is 18.4 Å². The van der Waals surface area contributed by atoms with Gasteiger partial charge in [-0.2, -0.15) is 5.10 Å². The number of hydrogen-bond acceptors (Lipinski definition) is 4. The summed E-state index contributed by atoms with van der Waals surface area (Å²) in [5.74, 6) is -0.201. The van der Waals surface area contributed by atoms with Crippen LogP contribution in [-0.2, 0) is 0 Å². The third-order valence-corrected chi connectivity index (χ3v) is 5.26. The highest BCUT2D eigenvalue weighted by Gasteiger charge is 2.21. The minimum Gasteiger partial charge on any atom is -0.497 e. The molecule has 0 aliphatic heterocycles. The first-order chi connectivity index (χ1) is 15.9. The number of benzene rings is 3. The fraction of sp³-hybridized carbons (Fsp3) is 0.0800. The van der Waals surface area contributed by atoms with Crippen LogP contribution >= 0.6 is 11.6 Å². The molecule has 0 saturated carbocycles. The summed E-state index contributed by atoms with van der Waals surface area (Å²) in [6.07, 6.45) is 0. The number of hydrogen-bond donors (Lipinski definition) is 1. The van der Waals surface area contributed by atoms with E-state index in [1.54, 1.807) is 62.6 Å². The van der Waals surface area contributed by atoms with Gasteiger partial charge < -0.3 is 10.1 Å². The standard InChI is InChI=1S/C25H19ClFN3O3/c1-15-23(31)22(16-8-12-21(33-2)13-9-16)24(28-25(32)17-6-10-19(27)11-7-17)30(29-15)20-5-3-4-18(26)14-20/h3-14H,1-2H3,(H,28,32). The number of aryl methyl sites for hydroxylation is 1. The van der Waals surface area contributed by atoms with E-state index in [4.69, 9.17) is 16.3 Å². The number of carbonyl (C=O) groups is 1. The minimum absolute atomic E-state index is 0.160. The second kappa shape index (κ2) is 9.26. The van der Waals surface area contributed by atoms with Gasteiger partial charge in [-0.25, -0.2) is 9.07 Å². The lowest BCUT2D eigenvalue weighted by Crippen LogP contribution is -2.25. The summed E-state index contributed by atoms with van der Waals surface area (Å²) in [6, 6.07) is 18.9. The van der Waals surface area contributed by atoms with Gasteiger partial charge >= 0.3 is 0 Å². The summed E-state index contributed by atoms with van der Waals surface area (Å²) in [5.41, 5.74) is 1.49.